The highest BCUT2D eigenvalue weighted by molar-refractivity contribution is 5.83. The summed E-state index contributed by atoms with van der Waals surface area (Å²) >= 11 is 0. The molecule has 2 rings (SSSR count). The Morgan fingerprint density at radius 1 is 1.33 bits per heavy atom. The van der Waals surface area contributed by atoms with Crippen molar-refractivity contribution in [2.75, 3.05) is 13.1 Å². The zero-order valence-corrected chi connectivity index (χ0v) is 11.1. The molecule has 1 fully saturated rings. The molecule has 1 aromatic rings. The first-order valence-electron chi connectivity index (χ1n) is 6.93. The number of hydrogen-bond donors (Lipinski definition) is 0. The molecular formula is C15H22N2O. The Labute approximate surface area is 109 Å². The number of carbonyl (C=O) groups is 1. The van der Waals surface area contributed by atoms with Crippen LogP contribution in [0.4, 0.5) is 0 Å². The lowest BCUT2D eigenvalue weighted by molar-refractivity contribution is -0.123. The van der Waals surface area contributed by atoms with Gasteiger partial charge in [0, 0.05) is 24.9 Å². The van der Waals surface area contributed by atoms with E-state index in [0.29, 0.717) is 18.2 Å². The summed E-state index contributed by atoms with van der Waals surface area (Å²) in [6, 6.07) is 4.03. The van der Waals surface area contributed by atoms with Crippen LogP contribution >= 0.6 is 0 Å². The van der Waals surface area contributed by atoms with Gasteiger partial charge in [-0.2, -0.15) is 0 Å². The molecular weight excluding hydrogens is 224 g/mol. The second kappa shape index (κ2) is 6.64. The van der Waals surface area contributed by atoms with E-state index in [2.05, 4.69) is 16.8 Å². The number of Topliss-reactive ketones (excluding diaryl/α,β-unsaturated/α-hetero) is 1. The Morgan fingerprint density at radius 3 is 2.61 bits per heavy atom. The Hall–Kier alpha value is -1.22. The van der Waals surface area contributed by atoms with Crippen LogP contribution in [-0.4, -0.2) is 28.8 Å². The van der Waals surface area contributed by atoms with Gasteiger partial charge >= 0.3 is 0 Å². The van der Waals surface area contributed by atoms with Crippen molar-refractivity contribution in [2.24, 2.45) is 5.92 Å². The molecule has 1 aromatic heterocycles. The molecule has 3 heteroatoms. The van der Waals surface area contributed by atoms with Gasteiger partial charge in [-0.25, -0.2) is 0 Å². The second-order valence-corrected chi connectivity index (χ2v) is 5.11. The van der Waals surface area contributed by atoms with E-state index in [1.165, 1.54) is 18.4 Å². The van der Waals surface area contributed by atoms with Crippen LogP contribution in [0.5, 0.6) is 0 Å². The third-order valence-corrected chi connectivity index (χ3v) is 3.79. The maximum atomic E-state index is 12.2. The first-order chi connectivity index (χ1) is 8.79. The van der Waals surface area contributed by atoms with Gasteiger partial charge in [0.05, 0.1) is 6.54 Å². The van der Waals surface area contributed by atoms with E-state index < -0.39 is 0 Å². The molecule has 18 heavy (non-hydrogen) atoms. The summed E-state index contributed by atoms with van der Waals surface area (Å²) in [6.07, 6.45) is 8.28. The number of rotatable bonds is 6. The van der Waals surface area contributed by atoms with Gasteiger partial charge in [-0.1, -0.05) is 19.8 Å². The lowest BCUT2D eigenvalue weighted by atomic mass is 10.0. The number of pyridine rings is 1. The highest BCUT2D eigenvalue weighted by Gasteiger charge is 2.23. The fourth-order valence-corrected chi connectivity index (χ4v) is 2.62. The summed E-state index contributed by atoms with van der Waals surface area (Å²) in [4.78, 5) is 18.4. The predicted molar refractivity (Wildman–Crippen MR) is 72.2 cm³/mol. The lowest BCUT2D eigenvalue weighted by Crippen LogP contribution is -2.32. The molecule has 98 valence electrons. The zero-order valence-electron chi connectivity index (χ0n) is 11.1. The molecule has 3 nitrogen and oxygen atoms in total. The van der Waals surface area contributed by atoms with Crippen LogP contribution in [0.3, 0.4) is 0 Å². The van der Waals surface area contributed by atoms with Crippen LogP contribution in [0, 0.1) is 5.92 Å². The van der Waals surface area contributed by atoms with Crippen LogP contribution in [0.25, 0.3) is 0 Å². The number of hydrogen-bond acceptors (Lipinski definition) is 3. The topological polar surface area (TPSA) is 33.2 Å². The number of nitrogens with zero attached hydrogens (tertiary/aromatic N) is 2. The van der Waals surface area contributed by atoms with Crippen molar-refractivity contribution in [3.63, 3.8) is 0 Å². The van der Waals surface area contributed by atoms with Crippen molar-refractivity contribution in [3.05, 3.63) is 30.1 Å². The number of carbonyl (C=O) groups excluding carboxylic acids is 1. The van der Waals surface area contributed by atoms with Gasteiger partial charge in [-0.15, -0.1) is 0 Å². The third kappa shape index (κ3) is 3.64. The maximum Gasteiger partial charge on any atom is 0.149 e. The quantitative estimate of drug-likeness (QED) is 0.773. The standard InChI is InChI=1S/C15H22N2O/c1-2-17(11-13-7-9-16-10-8-13)12-15(18)14-5-3-4-6-14/h7-10,14H,2-6,11-12H2,1H3. The Morgan fingerprint density at radius 2 is 2.00 bits per heavy atom. The fraction of sp³-hybridized carbons (Fsp3) is 0.600. The monoisotopic (exact) mass is 246 g/mol. The zero-order chi connectivity index (χ0) is 12.8. The first kappa shape index (κ1) is 13.2. The molecule has 0 atom stereocenters. The van der Waals surface area contributed by atoms with Gasteiger partial charge < -0.3 is 0 Å². The Kier molecular flexibility index (Phi) is 4.88. The molecule has 0 amide bonds. The van der Waals surface area contributed by atoms with Crippen LogP contribution in [0.1, 0.15) is 38.2 Å². The van der Waals surface area contributed by atoms with Crippen LogP contribution < -0.4 is 0 Å². The highest BCUT2D eigenvalue weighted by Crippen LogP contribution is 2.25. The maximum absolute atomic E-state index is 12.2. The van der Waals surface area contributed by atoms with Gasteiger partial charge in [-0.3, -0.25) is 14.7 Å². The average molecular weight is 246 g/mol. The number of likely N-dealkylation sites (N-methyl/N-ethyl adjacent to an activating group) is 1. The van der Waals surface area contributed by atoms with Crippen molar-refractivity contribution in [2.45, 2.75) is 39.2 Å². The molecule has 0 aromatic carbocycles. The molecule has 0 N–H and O–H groups in total. The van der Waals surface area contributed by atoms with Gasteiger partial charge in [-0.05, 0) is 37.1 Å². The van der Waals surface area contributed by atoms with Crippen molar-refractivity contribution < 1.29 is 4.79 Å². The summed E-state index contributed by atoms with van der Waals surface area (Å²) in [5.41, 5.74) is 1.23. The minimum atomic E-state index is 0.330. The SMILES string of the molecule is CCN(CC(=O)C1CCCC1)Cc1ccncc1. The Balaban J connectivity index is 1.87. The second-order valence-electron chi connectivity index (χ2n) is 5.11. The van der Waals surface area contributed by atoms with Gasteiger partial charge in [0.25, 0.3) is 0 Å². The normalized spacial score (nSPS) is 16.3. The molecule has 0 aliphatic heterocycles. The van der Waals surface area contributed by atoms with Crippen molar-refractivity contribution in [1.82, 2.24) is 9.88 Å². The summed E-state index contributed by atoms with van der Waals surface area (Å²) in [7, 11) is 0. The summed E-state index contributed by atoms with van der Waals surface area (Å²) in [5, 5.41) is 0. The Bertz CT molecular complexity index is 371. The van der Waals surface area contributed by atoms with E-state index >= 15 is 0 Å². The lowest BCUT2D eigenvalue weighted by Gasteiger charge is -2.21. The van der Waals surface area contributed by atoms with E-state index in [1.807, 2.05) is 24.5 Å². The van der Waals surface area contributed by atoms with Crippen molar-refractivity contribution in [1.29, 1.82) is 0 Å². The smallest absolute Gasteiger partial charge is 0.149 e. The van der Waals surface area contributed by atoms with E-state index in [4.69, 9.17) is 0 Å². The van der Waals surface area contributed by atoms with Crippen LogP contribution in [-0.2, 0) is 11.3 Å². The minimum Gasteiger partial charge on any atom is -0.298 e. The molecule has 1 aliphatic rings. The van der Waals surface area contributed by atoms with Gasteiger partial charge in [0.1, 0.15) is 5.78 Å². The van der Waals surface area contributed by atoms with E-state index in [1.54, 1.807) is 0 Å². The molecule has 0 unspecified atom stereocenters. The fourth-order valence-electron chi connectivity index (χ4n) is 2.62. The molecule has 1 saturated carbocycles. The highest BCUT2D eigenvalue weighted by atomic mass is 16.1. The van der Waals surface area contributed by atoms with Crippen molar-refractivity contribution in [3.8, 4) is 0 Å². The summed E-state index contributed by atoms with van der Waals surface area (Å²) in [5.74, 6) is 0.764. The molecule has 1 aliphatic carbocycles. The molecule has 0 saturated heterocycles. The van der Waals surface area contributed by atoms with Crippen LogP contribution in [0.2, 0.25) is 0 Å². The molecule has 0 bridgehead atoms. The van der Waals surface area contributed by atoms with Crippen LogP contribution in [0.15, 0.2) is 24.5 Å². The third-order valence-electron chi connectivity index (χ3n) is 3.79. The van der Waals surface area contributed by atoms with Gasteiger partial charge in [0.15, 0.2) is 0 Å². The largest absolute Gasteiger partial charge is 0.298 e. The molecule has 1 heterocycles. The van der Waals surface area contributed by atoms with E-state index in [9.17, 15) is 4.79 Å². The molecule has 0 spiro atoms. The number of aromatic nitrogens is 1. The first-order valence-corrected chi connectivity index (χ1v) is 6.93. The van der Waals surface area contributed by atoms with Gasteiger partial charge in [0.2, 0.25) is 0 Å². The van der Waals surface area contributed by atoms with E-state index in [-0.39, 0.29) is 0 Å². The van der Waals surface area contributed by atoms with E-state index in [0.717, 1.165) is 25.9 Å². The average Bonchev–Trinajstić information content (AvgIpc) is 2.93. The van der Waals surface area contributed by atoms with Crippen molar-refractivity contribution >= 4 is 5.78 Å². The molecule has 0 radical (unpaired) electrons. The number of ketones is 1. The summed E-state index contributed by atoms with van der Waals surface area (Å²) < 4.78 is 0. The predicted octanol–water partition coefficient (Wildman–Crippen LogP) is 2.66. The minimum absolute atomic E-state index is 0.330. The summed E-state index contributed by atoms with van der Waals surface area (Å²) in [6.45, 7) is 4.48.